The van der Waals surface area contributed by atoms with Gasteiger partial charge in [0.05, 0.1) is 7.11 Å². The molecule has 0 amide bonds. The molecule has 0 aliphatic carbocycles. The van der Waals surface area contributed by atoms with Gasteiger partial charge in [-0.05, 0) is 29.2 Å². The van der Waals surface area contributed by atoms with Gasteiger partial charge >= 0.3 is 0 Å². The minimum Gasteiger partial charge on any atom is -0.497 e. The van der Waals surface area contributed by atoms with Crippen LogP contribution in [0.2, 0.25) is 0 Å². The minimum atomic E-state index is -0.254. The Kier molecular flexibility index (Phi) is 3.66. The van der Waals surface area contributed by atoms with Crippen molar-refractivity contribution in [3.05, 3.63) is 53.8 Å². The summed E-state index contributed by atoms with van der Waals surface area (Å²) in [5.74, 6) is 0.720. The molecule has 0 N–H and O–H groups in total. The highest BCUT2D eigenvalue weighted by atomic mass is 19.1. The van der Waals surface area contributed by atoms with Crippen molar-refractivity contribution in [2.75, 3.05) is 7.11 Å². The molecule has 0 spiro atoms. The van der Waals surface area contributed by atoms with Crippen molar-refractivity contribution >= 4 is 0 Å². The highest BCUT2D eigenvalue weighted by Crippen LogP contribution is 2.28. The average Bonchev–Trinajstić information content (AvgIpc) is 2.38. The molecule has 1 nitrogen and oxygen atoms in total. The van der Waals surface area contributed by atoms with E-state index in [1.807, 2.05) is 18.2 Å². The summed E-state index contributed by atoms with van der Waals surface area (Å²) < 4.78 is 19.0. The van der Waals surface area contributed by atoms with E-state index < -0.39 is 0 Å². The maximum atomic E-state index is 14.0. The number of hydrogen-bond acceptors (Lipinski definition) is 1. The van der Waals surface area contributed by atoms with E-state index in [4.69, 9.17) is 4.74 Å². The molecule has 0 heterocycles. The third kappa shape index (κ3) is 2.53. The Bertz CT molecular complexity index is 547. The lowest BCUT2D eigenvalue weighted by atomic mass is 9.97. The number of ether oxygens (including phenoxy) is 1. The lowest BCUT2D eigenvalue weighted by Gasteiger charge is -2.10. The van der Waals surface area contributed by atoms with Crippen LogP contribution < -0.4 is 4.74 Å². The maximum absolute atomic E-state index is 14.0. The average molecular weight is 244 g/mol. The molecule has 0 fully saturated rings. The molecule has 0 saturated heterocycles. The first kappa shape index (κ1) is 12.6. The van der Waals surface area contributed by atoms with Crippen LogP contribution in [0.1, 0.15) is 25.3 Å². The van der Waals surface area contributed by atoms with Crippen LogP contribution in [0, 0.1) is 5.82 Å². The first-order chi connectivity index (χ1) is 8.61. The second kappa shape index (κ2) is 5.21. The highest BCUT2D eigenvalue weighted by Gasteiger charge is 2.08. The number of hydrogen-bond donors (Lipinski definition) is 0. The lowest BCUT2D eigenvalue weighted by molar-refractivity contribution is 0.411. The predicted molar refractivity (Wildman–Crippen MR) is 72.5 cm³/mol. The van der Waals surface area contributed by atoms with E-state index in [0.717, 1.165) is 5.56 Å². The van der Waals surface area contributed by atoms with Gasteiger partial charge in [-0.1, -0.05) is 38.1 Å². The summed E-state index contributed by atoms with van der Waals surface area (Å²) in [7, 11) is 1.54. The van der Waals surface area contributed by atoms with Gasteiger partial charge in [-0.15, -0.1) is 0 Å². The molecule has 2 heteroatoms. The summed E-state index contributed by atoms with van der Waals surface area (Å²) in [5, 5.41) is 0. The molecule has 2 rings (SSSR count). The van der Waals surface area contributed by atoms with E-state index in [1.54, 1.807) is 12.1 Å². The Morgan fingerprint density at radius 1 is 1.06 bits per heavy atom. The Balaban J connectivity index is 2.45. The smallest absolute Gasteiger partial charge is 0.134 e. The summed E-state index contributed by atoms with van der Waals surface area (Å²) in [6.45, 7) is 4.26. The van der Waals surface area contributed by atoms with Crippen LogP contribution in [0.4, 0.5) is 4.39 Å². The molecule has 0 aromatic heterocycles. The summed E-state index contributed by atoms with van der Waals surface area (Å²) >= 11 is 0. The van der Waals surface area contributed by atoms with Crippen LogP contribution in [0.3, 0.4) is 0 Å². The largest absolute Gasteiger partial charge is 0.497 e. The first-order valence-corrected chi connectivity index (χ1v) is 6.05. The molecule has 0 aliphatic rings. The van der Waals surface area contributed by atoms with Gasteiger partial charge in [-0.3, -0.25) is 0 Å². The molecule has 0 aliphatic heterocycles. The van der Waals surface area contributed by atoms with Crippen LogP contribution in [-0.2, 0) is 0 Å². The van der Waals surface area contributed by atoms with Gasteiger partial charge in [0.1, 0.15) is 11.6 Å². The Morgan fingerprint density at radius 3 is 2.44 bits per heavy atom. The van der Waals surface area contributed by atoms with Gasteiger partial charge in [0.2, 0.25) is 0 Å². The molecule has 0 bridgehead atoms. The van der Waals surface area contributed by atoms with E-state index in [9.17, 15) is 4.39 Å². The molecule has 2 aromatic carbocycles. The fourth-order valence-electron chi connectivity index (χ4n) is 1.92. The number of halogens is 1. The topological polar surface area (TPSA) is 9.23 Å². The van der Waals surface area contributed by atoms with E-state index in [2.05, 4.69) is 19.9 Å². The minimum absolute atomic E-state index is 0.254. The first-order valence-electron chi connectivity index (χ1n) is 6.05. The molecule has 0 unspecified atom stereocenters. The quantitative estimate of drug-likeness (QED) is 0.765. The molecule has 18 heavy (non-hydrogen) atoms. The lowest BCUT2D eigenvalue weighted by Crippen LogP contribution is -1.91. The summed E-state index contributed by atoms with van der Waals surface area (Å²) in [6.07, 6.45) is 0. The fraction of sp³-hybridized carbons (Fsp3) is 0.250. The normalized spacial score (nSPS) is 10.7. The van der Waals surface area contributed by atoms with Gasteiger partial charge in [-0.25, -0.2) is 4.39 Å². The molecule has 0 radical (unpaired) electrons. The molecule has 0 atom stereocenters. The molecule has 0 saturated carbocycles. The summed E-state index contributed by atoms with van der Waals surface area (Å²) in [5.41, 5.74) is 2.72. The molecular formula is C16H17FO. The van der Waals surface area contributed by atoms with Gasteiger partial charge in [-0.2, -0.15) is 0 Å². The van der Waals surface area contributed by atoms with Crippen LogP contribution in [0.15, 0.2) is 42.5 Å². The zero-order chi connectivity index (χ0) is 13.1. The van der Waals surface area contributed by atoms with E-state index in [0.29, 0.717) is 17.2 Å². The Morgan fingerprint density at radius 2 is 1.83 bits per heavy atom. The van der Waals surface area contributed by atoms with Crippen LogP contribution in [-0.4, -0.2) is 7.11 Å². The third-order valence-corrected chi connectivity index (χ3v) is 3.04. The van der Waals surface area contributed by atoms with Crippen molar-refractivity contribution < 1.29 is 9.13 Å². The molecule has 94 valence electrons. The second-order valence-corrected chi connectivity index (χ2v) is 4.63. The van der Waals surface area contributed by atoms with Crippen molar-refractivity contribution in [3.63, 3.8) is 0 Å². The van der Waals surface area contributed by atoms with Crippen LogP contribution in [0.5, 0.6) is 5.75 Å². The van der Waals surface area contributed by atoms with E-state index in [-0.39, 0.29) is 5.82 Å². The standard InChI is InChI=1S/C16H17FO/c1-11(2)12-5-4-6-13(9-12)15-8-7-14(18-3)10-16(15)17/h4-11H,1-3H3. The summed E-state index contributed by atoms with van der Waals surface area (Å²) in [4.78, 5) is 0. The van der Waals surface area contributed by atoms with Gasteiger partial charge in [0.25, 0.3) is 0 Å². The second-order valence-electron chi connectivity index (χ2n) is 4.63. The number of methoxy groups -OCH3 is 1. The van der Waals surface area contributed by atoms with Crippen LogP contribution in [0.25, 0.3) is 11.1 Å². The highest BCUT2D eigenvalue weighted by molar-refractivity contribution is 5.65. The van der Waals surface area contributed by atoms with Crippen molar-refractivity contribution in [2.45, 2.75) is 19.8 Å². The fourth-order valence-corrected chi connectivity index (χ4v) is 1.92. The Labute approximate surface area is 107 Å². The summed E-state index contributed by atoms with van der Waals surface area (Å²) in [6, 6.07) is 12.9. The van der Waals surface area contributed by atoms with Crippen LogP contribution >= 0.6 is 0 Å². The van der Waals surface area contributed by atoms with Crippen molar-refractivity contribution in [3.8, 4) is 16.9 Å². The van der Waals surface area contributed by atoms with Gasteiger partial charge in [0.15, 0.2) is 0 Å². The number of benzene rings is 2. The predicted octanol–water partition coefficient (Wildman–Crippen LogP) is 4.62. The Hall–Kier alpha value is -1.83. The van der Waals surface area contributed by atoms with E-state index in [1.165, 1.54) is 18.7 Å². The van der Waals surface area contributed by atoms with E-state index >= 15 is 0 Å². The monoisotopic (exact) mass is 244 g/mol. The third-order valence-electron chi connectivity index (χ3n) is 3.04. The molecule has 2 aromatic rings. The van der Waals surface area contributed by atoms with Crippen molar-refractivity contribution in [2.24, 2.45) is 0 Å². The van der Waals surface area contributed by atoms with Crippen molar-refractivity contribution in [1.29, 1.82) is 0 Å². The zero-order valence-electron chi connectivity index (χ0n) is 10.9. The van der Waals surface area contributed by atoms with Crippen molar-refractivity contribution in [1.82, 2.24) is 0 Å². The van der Waals surface area contributed by atoms with Gasteiger partial charge < -0.3 is 4.74 Å². The van der Waals surface area contributed by atoms with Gasteiger partial charge in [0, 0.05) is 11.6 Å². The SMILES string of the molecule is COc1ccc(-c2cccc(C(C)C)c2)c(F)c1. The zero-order valence-corrected chi connectivity index (χ0v) is 10.9. The molecular weight excluding hydrogens is 227 g/mol. The maximum Gasteiger partial charge on any atom is 0.134 e. The number of rotatable bonds is 3.